The van der Waals surface area contributed by atoms with Crippen molar-refractivity contribution in [1.29, 1.82) is 0 Å². The van der Waals surface area contributed by atoms with E-state index in [0.29, 0.717) is 11.4 Å². The van der Waals surface area contributed by atoms with E-state index >= 15 is 0 Å². The molecule has 0 spiro atoms. The Bertz CT molecular complexity index is 956. The normalized spacial score (nSPS) is 16.9. The first kappa shape index (κ1) is 19.2. The highest BCUT2D eigenvalue weighted by molar-refractivity contribution is 7.92. The van der Waals surface area contributed by atoms with Crippen LogP contribution in [0, 0.1) is 6.92 Å². The van der Waals surface area contributed by atoms with Crippen molar-refractivity contribution in [3.63, 3.8) is 0 Å². The molecule has 1 N–H and O–H groups in total. The SMILES string of the molecule is CCc1ccccc1NC(=O)[C@H]1CCN(S(C)(=O)=O)c2cc(C)ccc2O1. The molecule has 1 heterocycles. The number of nitrogens with one attached hydrogen (secondary N) is 1. The largest absolute Gasteiger partial charge is 0.478 e. The number of amides is 1. The summed E-state index contributed by atoms with van der Waals surface area (Å²) in [6.07, 6.45) is 1.45. The van der Waals surface area contributed by atoms with E-state index in [-0.39, 0.29) is 18.9 Å². The molecule has 6 nitrogen and oxygen atoms in total. The molecule has 1 aliphatic rings. The summed E-state index contributed by atoms with van der Waals surface area (Å²) in [5.74, 6) is 0.116. The number of anilines is 2. The molecule has 0 saturated carbocycles. The highest BCUT2D eigenvalue weighted by atomic mass is 32.2. The predicted octanol–water partition coefficient (Wildman–Crippen LogP) is 3.11. The van der Waals surface area contributed by atoms with E-state index in [1.54, 1.807) is 12.1 Å². The number of fused-ring (bicyclic) bond motifs is 1. The van der Waals surface area contributed by atoms with Gasteiger partial charge in [0.2, 0.25) is 10.0 Å². The predicted molar refractivity (Wildman–Crippen MR) is 107 cm³/mol. The first-order valence-corrected chi connectivity index (χ1v) is 10.8. The molecule has 2 aromatic carbocycles. The highest BCUT2D eigenvalue weighted by Crippen LogP contribution is 2.35. The molecule has 7 heteroatoms. The van der Waals surface area contributed by atoms with E-state index in [2.05, 4.69) is 5.32 Å². The Kier molecular flexibility index (Phi) is 5.41. The molecule has 1 aliphatic heterocycles. The van der Waals surface area contributed by atoms with E-state index in [9.17, 15) is 13.2 Å². The summed E-state index contributed by atoms with van der Waals surface area (Å²) in [5.41, 5.74) is 3.18. The van der Waals surface area contributed by atoms with Crippen molar-refractivity contribution in [3.05, 3.63) is 53.6 Å². The lowest BCUT2D eigenvalue weighted by atomic mass is 10.1. The highest BCUT2D eigenvalue weighted by Gasteiger charge is 2.31. The third kappa shape index (κ3) is 4.24. The molecule has 0 bridgehead atoms. The fourth-order valence-electron chi connectivity index (χ4n) is 3.18. The number of aryl methyl sites for hydroxylation is 2. The second kappa shape index (κ2) is 7.60. The van der Waals surface area contributed by atoms with Crippen LogP contribution in [0.15, 0.2) is 42.5 Å². The van der Waals surface area contributed by atoms with Crippen LogP contribution in [0.2, 0.25) is 0 Å². The quantitative estimate of drug-likeness (QED) is 0.873. The smallest absolute Gasteiger partial charge is 0.265 e. The van der Waals surface area contributed by atoms with Gasteiger partial charge in [-0.1, -0.05) is 31.2 Å². The van der Waals surface area contributed by atoms with Crippen LogP contribution in [0.25, 0.3) is 0 Å². The minimum Gasteiger partial charge on any atom is -0.478 e. The Labute approximate surface area is 160 Å². The lowest BCUT2D eigenvalue weighted by Crippen LogP contribution is -2.36. The number of ether oxygens (including phenoxy) is 1. The molecule has 0 unspecified atom stereocenters. The maximum atomic E-state index is 12.8. The fraction of sp³-hybridized carbons (Fsp3) is 0.350. The Hall–Kier alpha value is -2.54. The maximum Gasteiger partial charge on any atom is 0.265 e. The zero-order valence-electron chi connectivity index (χ0n) is 15.7. The van der Waals surface area contributed by atoms with Crippen molar-refractivity contribution in [3.8, 4) is 5.75 Å². The maximum absolute atomic E-state index is 12.8. The van der Waals surface area contributed by atoms with Gasteiger partial charge in [0, 0.05) is 18.7 Å². The summed E-state index contributed by atoms with van der Waals surface area (Å²) < 4.78 is 31.7. The fourth-order valence-corrected chi connectivity index (χ4v) is 4.12. The standard InChI is InChI=1S/C20H24N2O4S/c1-4-15-7-5-6-8-16(15)21-20(23)19-11-12-22(27(3,24)25)17-13-14(2)9-10-18(17)26-19/h5-10,13,19H,4,11-12H2,1-3H3,(H,21,23)/t19-/m1/s1. The molecule has 2 aromatic rings. The van der Waals surface area contributed by atoms with Crippen molar-refractivity contribution in [2.24, 2.45) is 0 Å². The molecule has 144 valence electrons. The van der Waals surface area contributed by atoms with Crippen LogP contribution in [-0.4, -0.2) is 33.2 Å². The molecule has 0 fully saturated rings. The van der Waals surface area contributed by atoms with Gasteiger partial charge >= 0.3 is 0 Å². The lowest BCUT2D eigenvalue weighted by Gasteiger charge is -2.21. The second-order valence-corrected chi connectivity index (χ2v) is 8.61. The average Bonchev–Trinajstić information content (AvgIpc) is 2.81. The van der Waals surface area contributed by atoms with Gasteiger partial charge < -0.3 is 10.1 Å². The third-order valence-electron chi connectivity index (χ3n) is 4.60. The molecule has 0 saturated heterocycles. The first-order chi connectivity index (χ1) is 12.8. The van der Waals surface area contributed by atoms with Crippen LogP contribution in [0.4, 0.5) is 11.4 Å². The minimum absolute atomic E-state index is 0.183. The van der Waals surface area contributed by atoms with E-state index in [1.807, 2.05) is 44.2 Å². The van der Waals surface area contributed by atoms with E-state index in [1.165, 1.54) is 4.31 Å². The summed E-state index contributed by atoms with van der Waals surface area (Å²) >= 11 is 0. The molecular weight excluding hydrogens is 364 g/mol. The number of sulfonamides is 1. The van der Waals surface area contributed by atoms with Crippen LogP contribution in [0.3, 0.4) is 0 Å². The topological polar surface area (TPSA) is 75.7 Å². The van der Waals surface area contributed by atoms with Crippen molar-refractivity contribution < 1.29 is 17.9 Å². The van der Waals surface area contributed by atoms with Gasteiger partial charge in [0.05, 0.1) is 11.9 Å². The molecule has 1 amide bonds. The number of para-hydroxylation sites is 1. The van der Waals surface area contributed by atoms with Crippen LogP contribution >= 0.6 is 0 Å². The van der Waals surface area contributed by atoms with E-state index in [4.69, 9.17) is 4.74 Å². The Balaban J connectivity index is 1.89. The Morgan fingerprint density at radius 3 is 2.70 bits per heavy atom. The van der Waals surface area contributed by atoms with Crippen molar-refractivity contribution in [2.75, 3.05) is 22.4 Å². The number of carbonyl (C=O) groups is 1. The number of rotatable bonds is 4. The van der Waals surface area contributed by atoms with Gasteiger partial charge in [0.1, 0.15) is 5.75 Å². The summed E-state index contributed by atoms with van der Waals surface area (Å²) in [6.45, 7) is 4.09. The van der Waals surface area contributed by atoms with Gasteiger partial charge in [-0.05, 0) is 42.7 Å². The molecule has 0 aromatic heterocycles. The van der Waals surface area contributed by atoms with Gasteiger partial charge in [-0.2, -0.15) is 0 Å². The number of hydrogen-bond acceptors (Lipinski definition) is 4. The number of carbonyl (C=O) groups excluding carboxylic acids is 1. The van der Waals surface area contributed by atoms with Gasteiger partial charge in [-0.3, -0.25) is 9.10 Å². The van der Waals surface area contributed by atoms with Crippen molar-refractivity contribution in [2.45, 2.75) is 32.8 Å². The first-order valence-electron chi connectivity index (χ1n) is 8.93. The van der Waals surface area contributed by atoms with Crippen LogP contribution < -0.4 is 14.4 Å². The van der Waals surface area contributed by atoms with Crippen LogP contribution in [0.5, 0.6) is 5.75 Å². The van der Waals surface area contributed by atoms with Gasteiger partial charge in [0.25, 0.3) is 5.91 Å². The van der Waals surface area contributed by atoms with Crippen molar-refractivity contribution in [1.82, 2.24) is 0 Å². The molecule has 27 heavy (non-hydrogen) atoms. The number of nitrogens with zero attached hydrogens (tertiary/aromatic N) is 1. The summed E-state index contributed by atoms with van der Waals surface area (Å²) in [6, 6.07) is 12.9. The minimum atomic E-state index is -3.48. The summed E-state index contributed by atoms with van der Waals surface area (Å²) in [7, 11) is -3.48. The monoisotopic (exact) mass is 388 g/mol. The van der Waals surface area contributed by atoms with Gasteiger partial charge in [0.15, 0.2) is 6.10 Å². The van der Waals surface area contributed by atoms with Gasteiger partial charge in [-0.25, -0.2) is 8.42 Å². The molecule has 1 atom stereocenters. The molecule has 0 radical (unpaired) electrons. The third-order valence-corrected chi connectivity index (χ3v) is 5.78. The van der Waals surface area contributed by atoms with Crippen molar-refractivity contribution >= 4 is 27.3 Å². The molecular formula is C20H24N2O4S. The van der Waals surface area contributed by atoms with Crippen LogP contribution in [-0.2, 0) is 21.2 Å². The van der Waals surface area contributed by atoms with Crippen LogP contribution in [0.1, 0.15) is 24.5 Å². The lowest BCUT2D eigenvalue weighted by molar-refractivity contribution is -0.122. The zero-order valence-corrected chi connectivity index (χ0v) is 16.5. The zero-order chi connectivity index (χ0) is 19.6. The summed E-state index contributed by atoms with van der Waals surface area (Å²) in [5, 5.41) is 2.92. The Morgan fingerprint density at radius 2 is 2.00 bits per heavy atom. The van der Waals surface area contributed by atoms with E-state index in [0.717, 1.165) is 29.5 Å². The average molecular weight is 388 g/mol. The van der Waals surface area contributed by atoms with Gasteiger partial charge in [-0.15, -0.1) is 0 Å². The molecule has 0 aliphatic carbocycles. The second-order valence-electron chi connectivity index (χ2n) is 6.70. The summed E-state index contributed by atoms with van der Waals surface area (Å²) in [4.78, 5) is 12.8. The number of hydrogen-bond donors (Lipinski definition) is 1. The Morgan fingerprint density at radius 1 is 1.26 bits per heavy atom. The van der Waals surface area contributed by atoms with E-state index < -0.39 is 16.1 Å². The number of benzene rings is 2. The molecule has 3 rings (SSSR count).